The Hall–Kier alpha value is -5.88. The minimum Gasteiger partial charge on any atom is -0.456 e. The average Bonchev–Trinajstić information content (AvgIpc) is 3.75. The van der Waals surface area contributed by atoms with E-state index in [0.29, 0.717) is 17.5 Å². The minimum atomic E-state index is 0.599. The normalized spacial score (nSPS) is 11.7. The highest BCUT2D eigenvalue weighted by Gasteiger charge is 2.19. The van der Waals surface area contributed by atoms with E-state index in [1.54, 1.807) is 6.07 Å². The number of nitrogens with zero attached hydrogens (tertiary/aromatic N) is 3. The molecule has 0 atom stereocenters. The van der Waals surface area contributed by atoms with E-state index in [2.05, 4.69) is 95.6 Å². The van der Waals surface area contributed by atoms with E-state index >= 15 is 0 Å². The van der Waals surface area contributed by atoms with Gasteiger partial charge in [-0.25, -0.2) is 0 Å². The summed E-state index contributed by atoms with van der Waals surface area (Å²) in [7, 11) is 0. The van der Waals surface area contributed by atoms with E-state index in [0.717, 1.165) is 45.2 Å². The van der Waals surface area contributed by atoms with E-state index in [1.807, 2.05) is 41.7 Å². The van der Waals surface area contributed by atoms with Crippen molar-refractivity contribution in [3.8, 4) is 23.3 Å². The molecule has 0 aliphatic carbocycles. The molecule has 9 rings (SSSR count). The molecule has 45 heavy (non-hydrogen) atoms. The lowest BCUT2D eigenvalue weighted by Crippen LogP contribution is -2.04. The molecule has 3 aromatic heterocycles. The molecule has 0 bridgehead atoms. The summed E-state index contributed by atoms with van der Waals surface area (Å²) in [4.78, 5) is 0. The highest BCUT2D eigenvalue weighted by molar-refractivity contribution is 7.26. The number of hydrogen-bond acceptors (Lipinski definition) is 4. The number of aryl methyl sites for hydroxylation is 1. The second-order valence-electron chi connectivity index (χ2n) is 11.4. The lowest BCUT2D eigenvalue weighted by atomic mass is 9.92. The first-order valence-electron chi connectivity index (χ1n) is 14.9. The van der Waals surface area contributed by atoms with Crippen molar-refractivity contribution in [2.45, 2.75) is 13.0 Å². The standard InChI is InChI=1S/C40H23N3OS/c41-22-24-12-15-35-32(20-24)33-21-25(13-16-36(33)44-35)27-9-5-6-26(23-42)28(27)18-19-43-34-10-3-1-7-29(34)30-14-17-38-39(40(30)43)31-8-2-4-11-37(31)45-38/h1-17,20-21H,18-19H2. The summed E-state index contributed by atoms with van der Waals surface area (Å²) in [5.41, 5.74) is 8.35. The first-order chi connectivity index (χ1) is 22.2. The van der Waals surface area contributed by atoms with Gasteiger partial charge >= 0.3 is 0 Å². The largest absolute Gasteiger partial charge is 0.456 e. The first kappa shape index (κ1) is 25.6. The Morgan fingerprint density at radius 3 is 2.31 bits per heavy atom. The molecule has 0 aliphatic rings. The van der Waals surface area contributed by atoms with E-state index in [4.69, 9.17) is 4.42 Å². The molecule has 0 spiro atoms. The number of aromatic nitrogens is 1. The molecule has 0 saturated heterocycles. The summed E-state index contributed by atoms with van der Waals surface area (Å²) in [6.07, 6.45) is 0.689. The van der Waals surface area contributed by atoms with Crippen LogP contribution in [0.25, 0.3) is 75.0 Å². The predicted molar refractivity (Wildman–Crippen MR) is 185 cm³/mol. The Morgan fingerprint density at radius 1 is 0.644 bits per heavy atom. The van der Waals surface area contributed by atoms with Gasteiger partial charge in [0, 0.05) is 53.8 Å². The van der Waals surface area contributed by atoms with Crippen LogP contribution in [0, 0.1) is 22.7 Å². The highest BCUT2D eigenvalue weighted by atomic mass is 32.1. The maximum Gasteiger partial charge on any atom is 0.135 e. The Bertz CT molecular complexity index is 2750. The minimum absolute atomic E-state index is 0.599. The van der Waals surface area contributed by atoms with Crippen LogP contribution in [0.2, 0.25) is 0 Å². The van der Waals surface area contributed by atoms with Crippen LogP contribution in [0.1, 0.15) is 16.7 Å². The Balaban J connectivity index is 1.22. The van der Waals surface area contributed by atoms with E-state index in [-0.39, 0.29) is 0 Å². The monoisotopic (exact) mass is 593 g/mol. The van der Waals surface area contributed by atoms with Crippen LogP contribution in [0.5, 0.6) is 0 Å². The molecule has 0 saturated carbocycles. The molecule has 9 aromatic rings. The summed E-state index contributed by atoms with van der Waals surface area (Å²) >= 11 is 1.84. The van der Waals surface area contributed by atoms with Gasteiger partial charge in [-0.05, 0) is 77.7 Å². The van der Waals surface area contributed by atoms with Crippen LogP contribution in [0.4, 0.5) is 0 Å². The van der Waals surface area contributed by atoms with Crippen LogP contribution in [-0.4, -0.2) is 4.57 Å². The third-order valence-electron chi connectivity index (χ3n) is 9.06. The zero-order valence-electron chi connectivity index (χ0n) is 24.0. The van der Waals surface area contributed by atoms with Crippen molar-refractivity contribution in [2.75, 3.05) is 0 Å². The molecule has 0 fully saturated rings. The molecule has 0 radical (unpaired) electrons. The second kappa shape index (κ2) is 9.82. The highest BCUT2D eigenvalue weighted by Crippen LogP contribution is 2.42. The van der Waals surface area contributed by atoms with Gasteiger partial charge in [-0.3, -0.25) is 0 Å². The van der Waals surface area contributed by atoms with Crippen molar-refractivity contribution in [3.63, 3.8) is 0 Å². The van der Waals surface area contributed by atoms with Gasteiger partial charge < -0.3 is 8.98 Å². The molecular weight excluding hydrogens is 571 g/mol. The zero-order chi connectivity index (χ0) is 30.1. The van der Waals surface area contributed by atoms with Crippen molar-refractivity contribution in [1.82, 2.24) is 4.57 Å². The van der Waals surface area contributed by atoms with Gasteiger partial charge in [0.05, 0.1) is 28.8 Å². The number of thiophene rings is 1. The fraction of sp³-hybridized carbons (Fsp3) is 0.0500. The number of furan rings is 1. The van der Waals surface area contributed by atoms with Gasteiger partial charge in [-0.2, -0.15) is 10.5 Å². The lowest BCUT2D eigenvalue weighted by Gasteiger charge is -2.14. The zero-order valence-corrected chi connectivity index (χ0v) is 24.9. The van der Waals surface area contributed by atoms with Crippen LogP contribution >= 0.6 is 11.3 Å². The molecule has 6 aromatic carbocycles. The third-order valence-corrected chi connectivity index (χ3v) is 10.2. The molecule has 210 valence electrons. The Labute approximate surface area is 262 Å². The second-order valence-corrected chi connectivity index (χ2v) is 12.5. The van der Waals surface area contributed by atoms with Crippen LogP contribution in [0.3, 0.4) is 0 Å². The van der Waals surface area contributed by atoms with Gasteiger partial charge in [0.2, 0.25) is 0 Å². The number of rotatable bonds is 4. The molecule has 4 nitrogen and oxygen atoms in total. The summed E-state index contributed by atoms with van der Waals surface area (Å²) in [6.45, 7) is 0.724. The van der Waals surface area contributed by atoms with Gasteiger partial charge in [-0.15, -0.1) is 11.3 Å². The Morgan fingerprint density at radius 2 is 1.44 bits per heavy atom. The van der Waals surface area contributed by atoms with Crippen molar-refractivity contribution < 1.29 is 4.42 Å². The molecule has 0 unspecified atom stereocenters. The lowest BCUT2D eigenvalue weighted by molar-refractivity contribution is 0.669. The van der Waals surface area contributed by atoms with Crippen molar-refractivity contribution in [2.24, 2.45) is 0 Å². The fourth-order valence-corrected chi connectivity index (χ4v) is 8.16. The van der Waals surface area contributed by atoms with Gasteiger partial charge in [-0.1, -0.05) is 60.7 Å². The number of benzene rings is 6. The van der Waals surface area contributed by atoms with Crippen molar-refractivity contribution in [1.29, 1.82) is 10.5 Å². The van der Waals surface area contributed by atoms with Crippen molar-refractivity contribution >= 4 is 75.3 Å². The molecule has 0 aliphatic heterocycles. The summed E-state index contributed by atoms with van der Waals surface area (Å²) in [5.74, 6) is 0. The van der Waals surface area contributed by atoms with Crippen LogP contribution < -0.4 is 0 Å². The number of para-hydroxylation sites is 1. The van der Waals surface area contributed by atoms with Gasteiger partial charge in [0.1, 0.15) is 11.2 Å². The quantitative estimate of drug-likeness (QED) is 0.204. The SMILES string of the molecule is N#Cc1ccc2oc3ccc(-c4cccc(C#N)c4CCn4c5ccccc5c5ccc6sc7ccccc7c6c54)cc3c2c1. The summed E-state index contributed by atoms with van der Waals surface area (Å²) in [6, 6.07) is 44.2. The third kappa shape index (κ3) is 3.82. The topological polar surface area (TPSA) is 65.7 Å². The smallest absolute Gasteiger partial charge is 0.135 e. The Kier molecular flexibility index (Phi) is 5.59. The number of fused-ring (bicyclic) bond motifs is 10. The maximum absolute atomic E-state index is 10.3. The van der Waals surface area contributed by atoms with E-state index in [9.17, 15) is 10.5 Å². The number of nitriles is 2. The van der Waals surface area contributed by atoms with Crippen LogP contribution in [0.15, 0.2) is 120 Å². The maximum atomic E-state index is 10.3. The summed E-state index contributed by atoms with van der Waals surface area (Å²) < 4.78 is 11.1. The molecule has 0 N–H and O–H groups in total. The first-order valence-corrected chi connectivity index (χ1v) is 15.7. The molecular formula is C40H23N3OS. The van der Waals surface area contributed by atoms with E-state index in [1.165, 1.54) is 42.0 Å². The number of hydrogen-bond donors (Lipinski definition) is 0. The average molecular weight is 594 g/mol. The molecule has 3 heterocycles. The van der Waals surface area contributed by atoms with E-state index < -0.39 is 0 Å². The van der Waals surface area contributed by atoms with Crippen molar-refractivity contribution in [3.05, 3.63) is 132 Å². The van der Waals surface area contributed by atoms with Gasteiger partial charge in [0.15, 0.2) is 0 Å². The molecule has 0 amide bonds. The fourth-order valence-electron chi connectivity index (χ4n) is 7.06. The molecule has 5 heteroatoms. The predicted octanol–water partition coefficient (Wildman–Crippen LogP) is 10.7. The van der Waals surface area contributed by atoms with Gasteiger partial charge in [0.25, 0.3) is 0 Å². The summed E-state index contributed by atoms with van der Waals surface area (Å²) in [5, 5.41) is 26.7. The van der Waals surface area contributed by atoms with Crippen LogP contribution in [-0.2, 0) is 13.0 Å².